The van der Waals surface area contributed by atoms with Gasteiger partial charge in [0.2, 0.25) is 0 Å². The van der Waals surface area contributed by atoms with Crippen molar-refractivity contribution in [2.24, 2.45) is 24.6 Å². The standard InChI is InChI=1S/C29H30N4O2/c1-16(2)27(30)17-12-13-33-22-11-7-5-9-19(22)24(23(33)14-17)26-25(28(34)31-29(26)35)20-15-32(3)21-10-6-4-8-18(20)21/h4-11,15-17,27H,12-14,30H2,1-3H3,(H,31,34,35). The summed E-state index contributed by atoms with van der Waals surface area (Å²) in [6, 6.07) is 16.3. The molecule has 6 rings (SSSR count). The van der Waals surface area contributed by atoms with Crippen molar-refractivity contribution in [1.82, 2.24) is 14.5 Å². The van der Waals surface area contributed by atoms with E-state index in [1.807, 2.05) is 54.2 Å². The Morgan fingerprint density at radius 1 is 0.943 bits per heavy atom. The molecule has 2 aromatic carbocycles. The third-order valence-electron chi connectivity index (χ3n) is 7.92. The number of nitrogens with two attached hydrogens (primary N) is 1. The van der Waals surface area contributed by atoms with E-state index in [2.05, 4.69) is 35.9 Å². The van der Waals surface area contributed by atoms with E-state index in [0.29, 0.717) is 23.0 Å². The number of aryl methyl sites for hydroxylation is 2. The molecule has 2 aliphatic rings. The van der Waals surface area contributed by atoms with Crippen molar-refractivity contribution in [3.05, 3.63) is 71.5 Å². The van der Waals surface area contributed by atoms with E-state index in [1.165, 1.54) is 0 Å². The van der Waals surface area contributed by atoms with Gasteiger partial charge in [0.25, 0.3) is 11.8 Å². The molecule has 178 valence electrons. The topological polar surface area (TPSA) is 82.0 Å². The van der Waals surface area contributed by atoms with Gasteiger partial charge in [-0.2, -0.15) is 0 Å². The molecule has 6 heteroatoms. The van der Waals surface area contributed by atoms with Gasteiger partial charge in [0, 0.05) is 64.5 Å². The van der Waals surface area contributed by atoms with E-state index >= 15 is 0 Å². The second kappa shape index (κ2) is 7.95. The van der Waals surface area contributed by atoms with Crippen LogP contribution in [0.2, 0.25) is 0 Å². The Bertz CT molecular complexity index is 1550. The van der Waals surface area contributed by atoms with E-state index in [1.54, 1.807) is 0 Å². The highest BCUT2D eigenvalue weighted by Gasteiger charge is 2.38. The average molecular weight is 467 g/mol. The van der Waals surface area contributed by atoms with Crippen LogP contribution in [-0.4, -0.2) is 27.0 Å². The zero-order valence-corrected chi connectivity index (χ0v) is 20.3. The van der Waals surface area contributed by atoms with Crippen molar-refractivity contribution in [3.8, 4) is 0 Å². The van der Waals surface area contributed by atoms with Gasteiger partial charge in [-0.05, 0) is 36.8 Å². The van der Waals surface area contributed by atoms with E-state index in [0.717, 1.165) is 58.0 Å². The molecule has 2 atom stereocenters. The SMILES string of the molecule is CC(C)C(N)C1CCn2c(c(C3=C(c4cn(C)c5ccccc45)C(=O)NC3=O)c3ccccc32)C1. The summed E-state index contributed by atoms with van der Waals surface area (Å²) in [6.07, 6.45) is 3.75. The molecule has 2 aromatic heterocycles. The molecule has 2 unspecified atom stereocenters. The fourth-order valence-corrected chi connectivity index (χ4v) is 6.11. The number of nitrogens with one attached hydrogen (secondary N) is 1. The van der Waals surface area contributed by atoms with Crippen molar-refractivity contribution in [1.29, 1.82) is 0 Å². The lowest BCUT2D eigenvalue weighted by molar-refractivity contribution is -0.122. The molecule has 0 fully saturated rings. The predicted molar refractivity (Wildman–Crippen MR) is 139 cm³/mol. The third kappa shape index (κ3) is 3.20. The van der Waals surface area contributed by atoms with Gasteiger partial charge in [-0.3, -0.25) is 14.9 Å². The smallest absolute Gasteiger partial charge is 0.259 e. The van der Waals surface area contributed by atoms with Gasteiger partial charge in [-0.1, -0.05) is 50.2 Å². The highest BCUT2D eigenvalue weighted by molar-refractivity contribution is 6.51. The van der Waals surface area contributed by atoms with Gasteiger partial charge in [-0.25, -0.2) is 0 Å². The summed E-state index contributed by atoms with van der Waals surface area (Å²) in [4.78, 5) is 26.7. The van der Waals surface area contributed by atoms with Crippen molar-refractivity contribution < 1.29 is 9.59 Å². The molecule has 0 radical (unpaired) electrons. The molecule has 4 aromatic rings. The molecular weight excluding hydrogens is 436 g/mol. The van der Waals surface area contributed by atoms with Crippen molar-refractivity contribution in [2.75, 3.05) is 0 Å². The summed E-state index contributed by atoms with van der Waals surface area (Å²) in [5, 5.41) is 4.58. The molecule has 2 aliphatic heterocycles. The molecule has 35 heavy (non-hydrogen) atoms. The monoisotopic (exact) mass is 466 g/mol. The molecular formula is C29H30N4O2. The maximum absolute atomic E-state index is 13.4. The average Bonchev–Trinajstić information content (AvgIpc) is 3.46. The second-order valence-electron chi connectivity index (χ2n) is 10.3. The second-order valence-corrected chi connectivity index (χ2v) is 10.3. The molecule has 3 N–H and O–H groups in total. The maximum Gasteiger partial charge on any atom is 0.259 e. The van der Waals surface area contributed by atoms with Gasteiger partial charge in [0.05, 0.1) is 11.1 Å². The number of benzene rings is 2. The summed E-state index contributed by atoms with van der Waals surface area (Å²) in [6.45, 7) is 5.19. The zero-order valence-electron chi connectivity index (χ0n) is 20.3. The lowest BCUT2D eigenvalue weighted by atomic mass is 9.82. The summed E-state index contributed by atoms with van der Waals surface area (Å²) in [7, 11) is 1.97. The van der Waals surface area contributed by atoms with Crippen LogP contribution in [0.25, 0.3) is 33.0 Å². The van der Waals surface area contributed by atoms with Crippen LogP contribution in [0.3, 0.4) is 0 Å². The number of hydrogen-bond acceptors (Lipinski definition) is 3. The Kier molecular flexibility index (Phi) is 4.97. The number of aromatic nitrogens is 2. The zero-order chi connectivity index (χ0) is 24.4. The molecule has 6 nitrogen and oxygen atoms in total. The quantitative estimate of drug-likeness (QED) is 0.441. The summed E-state index contributed by atoms with van der Waals surface area (Å²) in [5.74, 6) is 0.0394. The Hall–Kier alpha value is -3.64. The van der Waals surface area contributed by atoms with Gasteiger partial charge in [0.1, 0.15) is 0 Å². The van der Waals surface area contributed by atoms with Crippen molar-refractivity contribution in [2.45, 2.75) is 39.3 Å². The number of fused-ring (bicyclic) bond motifs is 4. The van der Waals surface area contributed by atoms with Crippen LogP contribution >= 0.6 is 0 Å². The molecule has 0 saturated heterocycles. The van der Waals surface area contributed by atoms with E-state index in [-0.39, 0.29) is 17.9 Å². The van der Waals surface area contributed by atoms with Crippen LogP contribution in [0.15, 0.2) is 54.7 Å². The molecule has 0 aliphatic carbocycles. The van der Waals surface area contributed by atoms with Gasteiger partial charge < -0.3 is 14.9 Å². The number of carbonyl (C=O) groups is 2. The van der Waals surface area contributed by atoms with Crippen LogP contribution in [-0.2, 0) is 29.6 Å². The molecule has 4 heterocycles. The fourth-order valence-electron chi connectivity index (χ4n) is 6.11. The summed E-state index contributed by atoms with van der Waals surface area (Å²) < 4.78 is 4.34. The van der Waals surface area contributed by atoms with Crippen LogP contribution in [0.4, 0.5) is 0 Å². The number of amides is 2. The number of imide groups is 1. The number of nitrogens with zero attached hydrogens (tertiary/aromatic N) is 2. The van der Waals surface area contributed by atoms with Crippen LogP contribution < -0.4 is 11.1 Å². The van der Waals surface area contributed by atoms with Crippen LogP contribution in [0.1, 0.15) is 37.1 Å². The van der Waals surface area contributed by atoms with E-state index in [4.69, 9.17) is 5.73 Å². The highest BCUT2D eigenvalue weighted by Crippen LogP contribution is 2.43. The fraction of sp³-hybridized carbons (Fsp3) is 0.310. The van der Waals surface area contributed by atoms with Crippen molar-refractivity contribution >= 4 is 44.8 Å². The maximum atomic E-state index is 13.4. The normalized spacial score (nSPS) is 19.2. The Balaban J connectivity index is 1.65. The molecule has 0 spiro atoms. The Labute approximate surface area is 204 Å². The van der Waals surface area contributed by atoms with Gasteiger partial charge in [0.15, 0.2) is 0 Å². The van der Waals surface area contributed by atoms with Gasteiger partial charge in [-0.15, -0.1) is 0 Å². The lowest BCUT2D eigenvalue weighted by Crippen LogP contribution is -2.39. The Morgan fingerprint density at radius 2 is 1.60 bits per heavy atom. The highest BCUT2D eigenvalue weighted by atomic mass is 16.2. The van der Waals surface area contributed by atoms with Crippen molar-refractivity contribution in [3.63, 3.8) is 0 Å². The van der Waals surface area contributed by atoms with E-state index < -0.39 is 0 Å². The minimum atomic E-state index is -0.336. The molecule has 0 saturated carbocycles. The number of para-hydroxylation sites is 2. The summed E-state index contributed by atoms with van der Waals surface area (Å²) >= 11 is 0. The first-order chi connectivity index (χ1) is 16.9. The minimum Gasteiger partial charge on any atom is -0.350 e. The van der Waals surface area contributed by atoms with Gasteiger partial charge >= 0.3 is 0 Å². The molecule has 0 bridgehead atoms. The molecule has 2 amide bonds. The minimum absolute atomic E-state index is 0.0835. The first-order valence-corrected chi connectivity index (χ1v) is 12.4. The van der Waals surface area contributed by atoms with E-state index in [9.17, 15) is 9.59 Å². The first-order valence-electron chi connectivity index (χ1n) is 12.4. The largest absolute Gasteiger partial charge is 0.350 e. The predicted octanol–water partition coefficient (Wildman–Crippen LogP) is 4.25. The number of rotatable bonds is 4. The number of hydrogen-bond donors (Lipinski definition) is 2. The third-order valence-corrected chi connectivity index (χ3v) is 7.92. The lowest BCUT2D eigenvalue weighted by Gasteiger charge is -2.32. The first kappa shape index (κ1) is 21.9. The number of carbonyl (C=O) groups excluding carboxylic acids is 2. The summed E-state index contributed by atoms with van der Waals surface area (Å²) in [5.41, 5.74) is 12.5. The van der Waals surface area contributed by atoms with Crippen LogP contribution in [0.5, 0.6) is 0 Å². The van der Waals surface area contributed by atoms with Crippen LogP contribution in [0, 0.1) is 11.8 Å². The Morgan fingerprint density at radius 3 is 2.34 bits per heavy atom.